The zero-order valence-corrected chi connectivity index (χ0v) is 23.6. The van der Waals surface area contributed by atoms with E-state index in [2.05, 4.69) is 55.5 Å². The molecule has 0 radical (unpaired) electrons. The molecular weight excluding hydrogens is 564 g/mol. The Balaban J connectivity index is 1.55. The molecule has 0 unspecified atom stereocenters. The highest BCUT2D eigenvalue weighted by atomic mass is 79.9. The Labute approximate surface area is 235 Å². The number of thiocarbonyl (C=S) groups is 1. The first-order valence-electron chi connectivity index (χ1n) is 12.1. The van der Waals surface area contributed by atoms with Crippen LogP contribution in [0.3, 0.4) is 0 Å². The third-order valence-corrected chi connectivity index (χ3v) is 7.41. The molecule has 1 saturated heterocycles. The number of anilines is 2. The lowest BCUT2D eigenvalue weighted by Gasteiger charge is -2.27. The first-order valence-corrected chi connectivity index (χ1v) is 13.3. The number of nitrogens with zero attached hydrogens (tertiary/aromatic N) is 2. The number of carbonyl (C=O) groups excluding carboxylic acids is 1. The summed E-state index contributed by atoms with van der Waals surface area (Å²) in [5.74, 6) is 1.31. The van der Waals surface area contributed by atoms with Gasteiger partial charge in [-0.15, -0.1) is 0 Å². The van der Waals surface area contributed by atoms with Gasteiger partial charge in [-0.1, -0.05) is 28.1 Å². The molecule has 1 fully saturated rings. The molecule has 2 atom stereocenters. The molecule has 2 aromatic heterocycles. The third-order valence-electron chi connectivity index (χ3n) is 6.44. The first kappa shape index (κ1) is 26.1. The Morgan fingerprint density at radius 3 is 2.71 bits per heavy atom. The summed E-state index contributed by atoms with van der Waals surface area (Å²) in [6.45, 7) is 4.00. The zero-order valence-electron chi connectivity index (χ0n) is 21.2. The maximum absolute atomic E-state index is 12.1. The second-order valence-corrected chi connectivity index (χ2v) is 10.4. The van der Waals surface area contributed by atoms with Crippen LogP contribution in [-0.2, 0) is 9.53 Å². The SMILES string of the molecule is COCC(=O)Nc1ccc(N2C(=S)N[C@H](c3ccccn3)[C@@H]2c2ccc(-c3ccc(C)cc3Br)o2)cc1C. The average molecular weight is 592 g/mol. The van der Waals surface area contributed by atoms with Crippen molar-refractivity contribution in [3.8, 4) is 11.3 Å². The number of ether oxygens (including phenoxy) is 1. The van der Waals surface area contributed by atoms with Crippen molar-refractivity contribution < 1.29 is 13.9 Å². The third kappa shape index (κ3) is 5.22. The number of hydrogen-bond donors (Lipinski definition) is 2. The van der Waals surface area contributed by atoms with Gasteiger partial charge in [-0.25, -0.2) is 0 Å². The molecule has 3 heterocycles. The van der Waals surface area contributed by atoms with Gasteiger partial charge in [-0.3, -0.25) is 9.78 Å². The number of aromatic nitrogens is 1. The summed E-state index contributed by atoms with van der Waals surface area (Å²) in [6, 6.07) is 21.3. The normalized spacial score (nSPS) is 16.9. The number of amides is 1. The van der Waals surface area contributed by atoms with E-state index in [0.29, 0.717) is 5.11 Å². The van der Waals surface area contributed by atoms with Gasteiger partial charge in [0.1, 0.15) is 24.2 Å². The highest BCUT2D eigenvalue weighted by molar-refractivity contribution is 9.10. The fourth-order valence-corrected chi connectivity index (χ4v) is 5.69. The second kappa shape index (κ2) is 11.1. The van der Waals surface area contributed by atoms with Gasteiger partial charge in [-0.2, -0.15) is 0 Å². The number of benzene rings is 2. The Morgan fingerprint density at radius 1 is 1.16 bits per heavy atom. The molecule has 1 amide bonds. The molecule has 4 aromatic rings. The predicted octanol–water partition coefficient (Wildman–Crippen LogP) is 6.48. The predicted molar refractivity (Wildman–Crippen MR) is 156 cm³/mol. The summed E-state index contributed by atoms with van der Waals surface area (Å²) in [7, 11) is 1.49. The molecule has 5 rings (SSSR count). The lowest BCUT2D eigenvalue weighted by Crippen LogP contribution is -2.29. The van der Waals surface area contributed by atoms with E-state index in [-0.39, 0.29) is 24.6 Å². The molecule has 0 bridgehead atoms. The molecule has 194 valence electrons. The average Bonchev–Trinajstić information content (AvgIpc) is 3.50. The van der Waals surface area contributed by atoms with Gasteiger partial charge >= 0.3 is 0 Å². The molecule has 2 aromatic carbocycles. The number of rotatable bonds is 7. The smallest absolute Gasteiger partial charge is 0.250 e. The van der Waals surface area contributed by atoms with Gasteiger partial charge in [0, 0.05) is 34.7 Å². The van der Waals surface area contributed by atoms with Crippen molar-refractivity contribution in [3.05, 3.63) is 100.0 Å². The van der Waals surface area contributed by atoms with E-state index in [4.69, 9.17) is 21.4 Å². The molecule has 2 N–H and O–H groups in total. The lowest BCUT2D eigenvalue weighted by atomic mass is 10.0. The summed E-state index contributed by atoms with van der Waals surface area (Å²) in [5, 5.41) is 6.91. The van der Waals surface area contributed by atoms with Crippen LogP contribution in [0, 0.1) is 13.8 Å². The van der Waals surface area contributed by atoms with Gasteiger partial charge in [-0.05, 0) is 91.8 Å². The number of pyridine rings is 1. The number of nitrogens with one attached hydrogen (secondary N) is 2. The summed E-state index contributed by atoms with van der Waals surface area (Å²) in [4.78, 5) is 18.7. The van der Waals surface area contributed by atoms with E-state index in [1.54, 1.807) is 6.20 Å². The van der Waals surface area contributed by atoms with Crippen LogP contribution in [0.4, 0.5) is 11.4 Å². The van der Waals surface area contributed by atoms with E-state index in [9.17, 15) is 4.79 Å². The molecule has 0 saturated carbocycles. The van der Waals surface area contributed by atoms with E-state index >= 15 is 0 Å². The van der Waals surface area contributed by atoms with Crippen molar-refractivity contribution in [2.45, 2.75) is 25.9 Å². The Hall–Kier alpha value is -3.53. The van der Waals surface area contributed by atoms with Gasteiger partial charge in [0.15, 0.2) is 5.11 Å². The van der Waals surface area contributed by atoms with Gasteiger partial charge < -0.3 is 24.7 Å². The Bertz CT molecular complexity index is 1490. The summed E-state index contributed by atoms with van der Waals surface area (Å²) in [5.41, 5.74) is 5.49. The summed E-state index contributed by atoms with van der Waals surface area (Å²) in [6.07, 6.45) is 1.78. The van der Waals surface area contributed by atoms with Crippen LogP contribution in [0.25, 0.3) is 11.3 Å². The fourth-order valence-electron chi connectivity index (χ4n) is 4.65. The Kier molecular flexibility index (Phi) is 7.60. The molecule has 9 heteroatoms. The van der Waals surface area contributed by atoms with Crippen LogP contribution in [0.15, 0.2) is 81.8 Å². The van der Waals surface area contributed by atoms with Crippen molar-refractivity contribution in [2.24, 2.45) is 0 Å². The number of furan rings is 1. The number of halogens is 1. The van der Waals surface area contributed by atoms with E-state index in [1.165, 1.54) is 7.11 Å². The minimum atomic E-state index is -0.288. The molecule has 7 nitrogen and oxygen atoms in total. The lowest BCUT2D eigenvalue weighted by molar-refractivity contribution is -0.119. The first-order chi connectivity index (χ1) is 18.4. The van der Waals surface area contributed by atoms with Crippen molar-refractivity contribution >= 4 is 50.5 Å². The molecule has 1 aliphatic heterocycles. The molecule has 0 spiro atoms. The molecule has 0 aliphatic carbocycles. The minimum absolute atomic E-state index is 0.00687. The van der Waals surface area contributed by atoms with Gasteiger partial charge in [0.05, 0.1) is 11.7 Å². The number of carbonyl (C=O) groups is 1. The summed E-state index contributed by atoms with van der Waals surface area (Å²) < 4.78 is 12.4. The standard InChI is InChI=1S/C29H27BrN4O3S/c1-17-7-9-20(21(30)14-17)24-11-12-25(37-24)28-27(23-6-4-5-13-31-23)33-29(38)34(28)19-8-10-22(18(2)15-19)32-26(35)16-36-3/h4-15,27-28H,16H2,1-3H3,(H,32,35)(H,33,38)/t27-,28+/m1/s1. The van der Waals surface area contributed by atoms with E-state index in [1.807, 2.05) is 61.5 Å². The van der Waals surface area contributed by atoms with Crippen LogP contribution in [-0.4, -0.2) is 29.7 Å². The van der Waals surface area contributed by atoms with Crippen LogP contribution in [0.5, 0.6) is 0 Å². The maximum Gasteiger partial charge on any atom is 0.250 e. The van der Waals surface area contributed by atoms with Gasteiger partial charge in [0.2, 0.25) is 5.91 Å². The largest absolute Gasteiger partial charge is 0.459 e. The highest BCUT2D eigenvalue weighted by Crippen LogP contribution is 2.44. The van der Waals surface area contributed by atoms with Crippen LogP contribution >= 0.6 is 28.1 Å². The Morgan fingerprint density at radius 2 is 2.00 bits per heavy atom. The number of aryl methyl sites for hydroxylation is 2. The van der Waals surface area contributed by atoms with Crippen LogP contribution in [0.2, 0.25) is 0 Å². The molecule has 1 aliphatic rings. The number of methoxy groups -OCH3 is 1. The van der Waals surface area contributed by atoms with E-state index < -0.39 is 0 Å². The fraction of sp³-hybridized carbons (Fsp3) is 0.207. The highest BCUT2D eigenvalue weighted by Gasteiger charge is 2.42. The zero-order chi connectivity index (χ0) is 26.8. The van der Waals surface area contributed by atoms with Crippen molar-refractivity contribution in [1.82, 2.24) is 10.3 Å². The van der Waals surface area contributed by atoms with Gasteiger partial charge in [0.25, 0.3) is 0 Å². The van der Waals surface area contributed by atoms with E-state index in [0.717, 1.165) is 49.8 Å². The molecule has 38 heavy (non-hydrogen) atoms. The molecular formula is C29H27BrN4O3S. The second-order valence-electron chi connectivity index (χ2n) is 9.16. The minimum Gasteiger partial charge on any atom is -0.459 e. The summed E-state index contributed by atoms with van der Waals surface area (Å²) >= 11 is 9.52. The van der Waals surface area contributed by atoms with Crippen molar-refractivity contribution in [3.63, 3.8) is 0 Å². The van der Waals surface area contributed by atoms with Crippen molar-refractivity contribution in [2.75, 3.05) is 23.9 Å². The monoisotopic (exact) mass is 590 g/mol. The topological polar surface area (TPSA) is 79.6 Å². The van der Waals surface area contributed by atoms with Crippen LogP contribution < -0.4 is 15.5 Å². The van der Waals surface area contributed by atoms with Crippen molar-refractivity contribution in [1.29, 1.82) is 0 Å². The van der Waals surface area contributed by atoms with Crippen LogP contribution in [0.1, 0.15) is 34.7 Å². The number of hydrogen-bond acceptors (Lipinski definition) is 5. The maximum atomic E-state index is 12.1. The quantitative estimate of drug-likeness (QED) is 0.238.